The molecular weight excluding hydrogens is 257 g/mol. The van der Waals surface area contributed by atoms with Crippen molar-refractivity contribution in [3.63, 3.8) is 0 Å². The van der Waals surface area contributed by atoms with Crippen molar-refractivity contribution in [3.05, 3.63) is 59.9 Å². The molecule has 0 amide bonds. The molecule has 0 saturated carbocycles. The fourth-order valence-electron chi connectivity index (χ4n) is 1.94. The molecule has 3 aromatic rings. The number of tetrazole rings is 1. The number of hydrogen-bond donors (Lipinski definition) is 1. The van der Waals surface area contributed by atoms with Crippen LogP contribution in [0.3, 0.4) is 0 Å². The standard InChI is InChI=1S/C14H12FN5/c15-13-4-2-1-3-11(13)9-20-14(17-18-19-20)10-5-7-12(16)8-6-10/h1-8H,9,16H2. The van der Waals surface area contributed by atoms with E-state index in [4.69, 9.17) is 5.73 Å². The van der Waals surface area contributed by atoms with Gasteiger partial charge >= 0.3 is 0 Å². The number of nitrogens with two attached hydrogens (primary N) is 1. The first-order valence-corrected chi connectivity index (χ1v) is 6.09. The number of rotatable bonds is 3. The molecule has 0 aliphatic rings. The largest absolute Gasteiger partial charge is 0.399 e. The van der Waals surface area contributed by atoms with E-state index in [2.05, 4.69) is 15.5 Å². The zero-order chi connectivity index (χ0) is 13.9. The van der Waals surface area contributed by atoms with Gasteiger partial charge in [0.1, 0.15) is 5.82 Å². The Kier molecular flexibility index (Phi) is 3.12. The first kappa shape index (κ1) is 12.3. The number of aromatic nitrogens is 4. The molecule has 0 fully saturated rings. The summed E-state index contributed by atoms with van der Waals surface area (Å²) in [6, 6.07) is 13.8. The van der Waals surface area contributed by atoms with E-state index in [0.29, 0.717) is 17.1 Å². The fraction of sp³-hybridized carbons (Fsp3) is 0.0714. The number of anilines is 1. The van der Waals surface area contributed by atoms with Gasteiger partial charge < -0.3 is 5.73 Å². The molecule has 0 radical (unpaired) electrons. The van der Waals surface area contributed by atoms with Crippen LogP contribution in [0.4, 0.5) is 10.1 Å². The summed E-state index contributed by atoms with van der Waals surface area (Å²) >= 11 is 0. The molecular formula is C14H12FN5. The molecule has 20 heavy (non-hydrogen) atoms. The number of nitrogens with zero attached hydrogens (tertiary/aromatic N) is 4. The van der Waals surface area contributed by atoms with E-state index in [1.807, 2.05) is 12.1 Å². The Morgan fingerprint density at radius 2 is 1.80 bits per heavy atom. The highest BCUT2D eigenvalue weighted by molar-refractivity contribution is 5.58. The lowest BCUT2D eigenvalue weighted by Gasteiger charge is -2.06. The summed E-state index contributed by atoms with van der Waals surface area (Å²) in [4.78, 5) is 0. The van der Waals surface area contributed by atoms with Crippen molar-refractivity contribution >= 4 is 5.69 Å². The molecule has 3 rings (SSSR count). The minimum atomic E-state index is -0.272. The molecule has 0 unspecified atom stereocenters. The van der Waals surface area contributed by atoms with Gasteiger partial charge in [0.25, 0.3) is 0 Å². The molecule has 5 nitrogen and oxygen atoms in total. The maximum absolute atomic E-state index is 13.7. The topological polar surface area (TPSA) is 69.6 Å². The second-order valence-corrected chi connectivity index (χ2v) is 4.37. The molecule has 0 bridgehead atoms. The maximum Gasteiger partial charge on any atom is 0.182 e. The van der Waals surface area contributed by atoms with Crippen LogP contribution in [0.1, 0.15) is 5.56 Å². The van der Waals surface area contributed by atoms with Gasteiger partial charge in [-0.05, 0) is 40.8 Å². The molecule has 2 aromatic carbocycles. The van der Waals surface area contributed by atoms with Crippen LogP contribution in [0.5, 0.6) is 0 Å². The highest BCUT2D eigenvalue weighted by Gasteiger charge is 2.10. The third-order valence-electron chi connectivity index (χ3n) is 2.98. The van der Waals surface area contributed by atoms with Crippen LogP contribution in [-0.4, -0.2) is 20.2 Å². The van der Waals surface area contributed by atoms with Gasteiger partial charge in [-0.2, -0.15) is 0 Å². The van der Waals surface area contributed by atoms with Crippen LogP contribution in [0.25, 0.3) is 11.4 Å². The third-order valence-corrected chi connectivity index (χ3v) is 2.98. The van der Waals surface area contributed by atoms with Crippen LogP contribution in [-0.2, 0) is 6.54 Å². The summed E-state index contributed by atoms with van der Waals surface area (Å²) in [5.74, 6) is 0.305. The van der Waals surface area contributed by atoms with Crippen molar-refractivity contribution in [1.29, 1.82) is 0 Å². The Morgan fingerprint density at radius 3 is 2.55 bits per heavy atom. The molecule has 6 heteroatoms. The summed E-state index contributed by atoms with van der Waals surface area (Å²) in [5.41, 5.74) is 7.69. The van der Waals surface area contributed by atoms with E-state index in [1.54, 1.807) is 35.0 Å². The second kappa shape index (κ2) is 5.08. The zero-order valence-corrected chi connectivity index (χ0v) is 10.6. The molecule has 0 atom stereocenters. The zero-order valence-electron chi connectivity index (χ0n) is 10.6. The van der Waals surface area contributed by atoms with Gasteiger partial charge in [0.2, 0.25) is 0 Å². The molecule has 0 aliphatic heterocycles. The Morgan fingerprint density at radius 1 is 1.05 bits per heavy atom. The first-order valence-electron chi connectivity index (χ1n) is 6.09. The minimum Gasteiger partial charge on any atom is -0.399 e. The quantitative estimate of drug-likeness (QED) is 0.739. The van der Waals surface area contributed by atoms with Crippen LogP contribution in [0.2, 0.25) is 0 Å². The SMILES string of the molecule is Nc1ccc(-c2nnnn2Cc2ccccc2F)cc1. The van der Waals surface area contributed by atoms with Gasteiger partial charge in [-0.1, -0.05) is 18.2 Å². The Labute approximate surface area is 114 Å². The van der Waals surface area contributed by atoms with Crippen molar-refractivity contribution in [2.24, 2.45) is 0 Å². The molecule has 100 valence electrons. The predicted octanol–water partition coefficient (Wildman–Crippen LogP) is 2.11. The summed E-state index contributed by atoms with van der Waals surface area (Å²) in [6.07, 6.45) is 0. The first-order chi connectivity index (χ1) is 9.74. The monoisotopic (exact) mass is 269 g/mol. The van der Waals surface area contributed by atoms with Crippen molar-refractivity contribution in [2.75, 3.05) is 5.73 Å². The van der Waals surface area contributed by atoms with E-state index >= 15 is 0 Å². The van der Waals surface area contributed by atoms with E-state index in [-0.39, 0.29) is 12.4 Å². The van der Waals surface area contributed by atoms with Crippen molar-refractivity contribution in [1.82, 2.24) is 20.2 Å². The van der Waals surface area contributed by atoms with Gasteiger partial charge in [0.05, 0.1) is 6.54 Å². The lowest BCUT2D eigenvalue weighted by Crippen LogP contribution is -2.06. The number of nitrogen functional groups attached to an aromatic ring is 1. The van der Waals surface area contributed by atoms with E-state index < -0.39 is 0 Å². The minimum absolute atomic E-state index is 0.272. The van der Waals surface area contributed by atoms with Crippen LogP contribution in [0, 0.1) is 5.82 Å². The molecule has 0 aliphatic carbocycles. The van der Waals surface area contributed by atoms with E-state index in [1.165, 1.54) is 6.07 Å². The van der Waals surface area contributed by atoms with Crippen LogP contribution in [0.15, 0.2) is 48.5 Å². The van der Waals surface area contributed by atoms with Gasteiger partial charge in [-0.3, -0.25) is 0 Å². The summed E-state index contributed by atoms with van der Waals surface area (Å²) in [6.45, 7) is 0.277. The smallest absolute Gasteiger partial charge is 0.182 e. The predicted molar refractivity (Wildman–Crippen MR) is 73.2 cm³/mol. The lowest BCUT2D eigenvalue weighted by atomic mass is 10.2. The normalized spacial score (nSPS) is 10.7. The molecule has 0 spiro atoms. The van der Waals surface area contributed by atoms with Gasteiger partial charge in [0, 0.05) is 16.8 Å². The second-order valence-electron chi connectivity index (χ2n) is 4.37. The summed E-state index contributed by atoms with van der Waals surface area (Å²) in [5, 5.41) is 11.5. The average molecular weight is 269 g/mol. The Bertz CT molecular complexity index is 720. The van der Waals surface area contributed by atoms with Crippen molar-refractivity contribution < 1.29 is 4.39 Å². The van der Waals surface area contributed by atoms with Crippen LogP contribution < -0.4 is 5.73 Å². The van der Waals surface area contributed by atoms with Crippen LogP contribution >= 0.6 is 0 Å². The summed E-state index contributed by atoms with van der Waals surface area (Å²) in [7, 11) is 0. The van der Waals surface area contributed by atoms with Crippen molar-refractivity contribution in [3.8, 4) is 11.4 Å². The molecule has 1 heterocycles. The Balaban J connectivity index is 1.95. The highest BCUT2D eigenvalue weighted by atomic mass is 19.1. The average Bonchev–Trinajstić information content (AvgIpc) is 2.90. The molecule has 0 saturated heterocycles. The molecule has 1 aromatic heterocycles. The molecule has 2 N–H and O–H groups in total. The van der Waals surface area contributed by atoms with Gasteiger partial charge in [-0.15, -0.1) is 5.10 Å². The lowest BCUT2D eigenvalue weighted by molar-refractivity contribution is 0.579. The van der Waals surface area contributed by atoms with E-state index in [9.17, 15) is 4.39 Å². The number of halogens is 1. The number of hydrogen-bond acceptors (Lipinski definition) is 4. The fourth-order valence-corrected chi connectivity index (χ4v) is 1.94. The van der Waals surface area contributed by atoms with Gasteiger partial charge in [0.15, 0.2) is 5.82 Å². The maximum atomic E-state index is 13.7. The number of benzene rings is 2. The highest BCUT2D eigenvalue weighted by Crippen LogP contribution is 2.18. The third kappa shape index (κ3) is 2.35. The van der Waals surface area contributed by atoms with E-state index in [0.717, 1.165) is 5.56 Å². The Hall–Kier alpha value is -2.76. The van der Waals surface area contributed by atoms with Crippen molar-refractivity contribution in [2.45, 2.75) is 6.54 Å². The summed E-state index contributed by atoms with van der Waals surface area (Å²) < 4.78 is 15.2. The van der Waals surface area contributed by atoms with Gasteiger partial charge in [-0.25, -0.2) is 9.07 Å².